The summed E-state index contributed by atoms with van der Waals surface area (Å²) in [5.74, 6) is -0.888. The van der Waals surface area contributed by atoms with Crippen molar-refractivity contribution in [2.24, 2.45) is 0 Å². The maximum atomic E-state index is 12.0. The van der Waals surface area contributed by atoms with Crippen LogP contribution < -0.4 is 0 Å². The molecule has 0 saturated carbocycles. The van der Waals surface area contributed by atoms with Gasteiger partial charge in [-0.25, -0.2) is 4.79 Å². The van der Waals surface area contributed by atoms with Crippen molar-refractivity contribution in [1.82, 2.24) is 0 Å². The van der Waals surface area contributed by atoms with Crippen molar-refractivity contribution in [2.75, 3.05) is 0 Å². The minimum Gasteiger partial charge on any atom is -0.452 e. The van der Waals surface area contributed by atoms with Gasteiger partial charge in [0, 0.05) is 13.3 Å². The van der Waals surface area contributed by atoms with Gasteiger partial charge in [-0.15, -0.1) is 0 Å². The molecule has 0 bridgehead atoms. The van der Waals surface area contributed by atoms with Crippen LogP contribution in [-0.2, 0) is 19.0 Å². The lowest BCUT2D eigenvalue weighted by Gasteiger charge is -2.18. The second-order valence-electron chi connectivity index (χ2n) is 4.69. The highest BCUT2D eigenvalue weighted by Gasteiger charge is 2.39. The van der Waals surface area contributed by atoms with E-state index in [1.807, 2.05) is 13.0 Å². The van der Waals surface area contributed by atoms with E-state index in [1.165, 1.54) is 6.92 Å². The molecule has 1 aromatic carbocycles. The molecule has 1 aliphatic rings. The van der Waals surface area contributed by atoms with Gasteiger partial charge in [0.05, 0.1) is 11.7 Å². The Morgan fingerprint density at radius 2 is 1.95 bits per heavy atom. The molecule has 108 valence electrons. The highest BCUT2D eigenvalue weighted by molar-refractivity contribution is 5.89. The molecule has 5 nitrogen and oxygen atoms in total. The summed E-state index contributed by atoms with van der Waals surface area (Å²) < 4.78 is 16.0. The summed E-state index contributed by atoms with van der Waals surface area (Å²) in [6, 6.07) is 8.71. The summed E-state index contributed by atoms with van der Waals surface area (Å²) in [7, 11) is 0. The van der Waals surface area contributed by atoms with Crippen molar-refractivity contribution >= 4 is 11.9 Å². The first-order valence-electron chi connectivity index (χ1n) is 6.69. The first-order chi connectivity index (χ1) is 9.60. The quantitative estimate of drug-likeness (QED) is 0.791. The molecular formula is C15H18O5. The van der Waals surface area contributed by atoms with Gasteiger partial charge in [-0.05, 0) is 18.6 Å². The van der Waals surface area contributed by atoms with Gasteiger partial charge in [0.2, 0.25) is 6.29 Å². The second-order valence-corrected chi connectivity index (χ2v) is 4.69. The van der Waals surface area contributed by atoms with E-state index in [0.29, 0.717) is 12.0 Å². The van der Waals surface area contributed by atoms with Crippen LogP contribution in [0, 0.1) is 0 Å². The van der Waals surface area contributed by atoms with Gasteiger partial charge in [0.15, 0.2) is 6.10 Å². The minimum atomic E-state index is -0.815. The molecule has 0 aliphatic carbocycles. The Balaban J connectivity index is 2.02. The summed E-state index contributed by atoms with van der Waals surface area (Å²) in [6.07, 6.45) is -0.126. The first-order valence-corrected chi connectivity index (χ1v) is 6.69. The van der Waals surface area contributed by atoms with Crippen molar-refractivity contribution in [2.45, 2.75) is 45.2 Å². The maximum Gasteiger partial charge on any atom is 0.338 e. The number of carbonyl (C=O) groups excluding carboxylic acids is 2. The van der Waals surface area contributed by atoms with Crippen LogP contribution in [0.25, 0.3) is 0 Å². The smallest absolute Gasteiger partial charge is 0.338 e. The van der Waals surface area contributed by atoms with Crippen molar-refractivity contribution in [3.8, 4) is 0 Å². The second kappa shape index (κ2) is 6.52. The van der Waals surface area contributed by atoms with E-state index in [1.54, 1.807) is 24.3 Å². The van der Waals surface area contributed by atoms with Crippen molar-refractivity contribution < 1.29 is 23.8 Å². The van der Waals surface area contributed by atoms with Gasteiger partial charge in [-0.2, -0.15) is 0 Å². The summed E-state index contributed by atoms with van der Waals surface area (Å²) in [5, 5.41) is 0. The topological polar surface area (TPSA) is 61.8 Å². The first kappa shape index (κ1) is 14.5. The van der Waals surface area contributed by atoms with E-state index in [0.717, 1.165) is 6.42 Å². The third-order valence-corrected chi connectivity index (χ3v) is 3.13. The molecule has 20 heavy (non-hydrogen) atoms. The monoisotopic (exact) mass is 278 g/mol. The van der Waals surface area contributed by atoms with E-state index < -0.39 is 24.3 Å². The van der Waals surface area contributed by atoms with Crippen LogP contribution in [0.4, 0.5) is 0 Å². The molecule has 0 radical (unpaired) electrons. The Morgan fingerprint density at radius 1 is 1.25 bits per heavy atom. The summed E-state index contributed by atoms with van der Waals surface area (Å²) in [4.78, 5) is 23.1. The number of rotatable bonds is 4. The number of esters is 2. The van der Waals surface area contributed by atoms with Gasteiger partial charge in [-0.1, -0.05) is 25.1 Å². The zero-order chi connectivity index (χ0) is 14.5. The van der Waals surface area contributed by atoms with Gasteiger partial charge >= 0.3 is 11.9 Å². The average Bonchev–Trinajstić information content (AvgIpc) is 2.81. The molecule has 1 fully saturated rings. The number of ether oxygens (including phenoxy) is 3. The molecule has 3 atom stereocenters. The molecule has 1 saturated heterocycles. The fourth-order valence-electron chi connectivity index (χ4n) is 2.12. The standard InChI is InChI=1S/C15H18O5/c1-3-12-9-13(15(19-12)18-10(2)16)20-14(17)11-7-5-4-6-8-11/h4-8,12-13,15H,3,9H2,1-2H3/t12-,13-,15?/m1/s1. The average molecular weight is 278 g/mol. The molecule has 0 amide bonds. The minimum absolute atomic E-state index is 0.0621. The van der Waals surface area contributed by atoms with Gasteiger partial charge in [0.25, 0.3) is 0 Å². The van der Waals surface area contributed by atoms with E-state index in [4.69, 9.17) is 14.2 Å². The van der Waals surface area contributed by atoms with Crippen molar-refractivity contribution in [3.05, 3.63) is 35.9 Å². The summed E-state index contributed by atoms with van der Waals surface area (Å²) in [6.45, 7) is 3.27. The highest BCUT2D eigenvalue weighted by Crippen LogP contribution is 2.27. The zero-order valence-electron chi connectivity index (χ0n) is 11.6. The molecule has 5 heteroatoms. The summed E-state index contributed by atoms with van der Waals surface area (Å²) >= 11 is 0. The number of carbonyl (C=O) groups is 2. The van der Waals surface area contributed by atoms with E-state index in [-0.39, 0.29) is 6.10 Å². The van der Waals surface area contributed by atoms with E-state index >= 15 is 0 Å². The molecular weight excluding hydrogens is 260 g/mol. The van der Waals surface area contributed by atoms with Gasteiger partial charge in [0.1, 0.15) is 0 Å². The van der Waals surface area contributed by atoms with Crippen molar-refractivity contribution in [3.63, 3.8) is 0 Å². The predicted octanol–water partition coefficient (Wildman–Crippen LogP) is 2.30. The Bertz CT molecular complexity index is 470. The molecule has 1 heterocycles. The Hall–Kier alpha value is -1.88. The van der Waals surface area contributed by atoms with Gasteiger partial charge in [-0.3, -0.25) is 4.79 Å². The van der Waals surface area contributed by atoms with Crippen LogP contribution in [-0.4, -0.2) is 30.4 Å². The largest absolute Gasteiger partial charge is 0.452 e. The lowest BCUT2D eigenvalue weighted by Crippen LogP contribution is -2.31. The number of hydrogen-bond donors (Lipinski definition) is 0. The van der Waals surface area contributed by atoms with Crippen LogP contribution in [0.15, 0.2) is 30.3 Å². The predicted molar refractivity (Wildman–Crippen MR) is 71.0 cm³/mol. The fourth-order valence-corrected chi connectivity index (χ4v) is 2.12. The Labute approximate surface area is 117 Å². The zero-order valence-corrected chi connectivity index (χ0v) is 11.6. The van der Waals surface area contributed by atoms with E-state index in [9.17, 15) is 9.59 Å². The number of benzene rings is 1. The molecule has 1 aliphatic heterocycles. The molecule has 0 N–H and O–H groups in total. The third-order valence-electron chi connectivity index (χ3n) is 3.13. The SMILES string of the molecule is CC[C@@H]1C[C@@H](OC(=O)c2ccccc2)C(OC(C)=O)O1. The van der Waals surface area contributed by atoms with Crippen LogP contribution >= 0.6 is 0 Å². The van der Waals surface area contributed by atoms with Crippen LogP contribution in [0.1, 0.15) is 37.0 Å². The molecule has 0 aromatic heterocycles. The molecule has 0 spiro atoms. The third kappa shape index (κ3) is 3.57. The molecule has 1 aromatic rings. The van der Waals surface area contributed by atoms with Crippen LogP contribution in [0.3, 0.4) is 0 Å². The Kier molecular flexibility index (Phi) is 4.74. The molecule has 1 unspecified atom stereocenters. The van der Waals surface area contributed by atoms with Gasteiger partial charge < -0.3 is 14.2 Å². The highest BCUT2D eigenvalue weighted by atomic mass is 16.7. The van der Waals surface area contributed by atoms with E-state index in [2.05, 4.69) is 0 Å². The maximum absolute atomic E-state index is 12.0. The summed E-state index contributed by atoms with van der Waals surface area (Å²) in [5.41, 5.74) is 0.467. The fraction of sp³-hybridized carbons (Fsp3) is 0.467. The van der Waals surface area contributed by atoms with Crippen LogP contribution in [0.2, 0.25) is 0 Å². The molecule has 2 rings (SSSR count). The Morgan fingerprint density at radius 3 is 2.55 bits per heavy atom. The van der Waals surface area contributed by atoms with Crippen LogP contribution in [0.5, 0.6) is 0 Å². The lowest BCUT2D eigenvalue weighted by molar-refractivity contribution is -0.186. The lowest BCUT2D eigenvalue weighted by atomic mass is 10.1. The number of hydrogen-bond acceptors (Lipinski definition) is 5. The normalized spacial score (nSPS) is 25.2. The van der Waals surface area contributed by atoms with Crippen molar-refractivity contribution in [1.29, 1.82) is 0 Å².